The number of hydrogen-bond acceptors (Lipinski definition) is 11. The lowest BCUT2D eigenvalue weighted by molar-refractivity contribution is 0.114. The normalized spacial score (nSPS) is 13.4. The van der Waals surface area contributed by atoms with Crippen molar-refractivity contribution in [3.05, 3.63) is 69.9 Å². The van der Waals surface area contributed by atoms with Crippen LogP contribution in [0.4, 0.5) is 4.79 Å². The number of pyridine rings is 1. The molecule has 0 bridgehead atoms. The summed E-state index contributed by atoms with van der Waals surface area (Å²) in [7, 11) is 0. The van der Waals surface area contributed by atoms with Crippen molar-refractivity contribution in [2.75, 3.05) is 6.54 Å². The number of alkyl carbamates (subject to hydrolysis) is 1. The number of amides is 1. The summed E-state index contributed by atoms with van der Waals surface area (Å²) in [5, 5.41) is 24.2. The van der Waals surface area contributed by atoms with E-state index in [1.807, 2.05) is 59.1 Å². The minimum atomic E-state index is -0.278. The summed E-state index contributed by atoms with van der Waals surface area (Å²) in [4.78, 5) is 14.7. The summed E-state index contributed by atoms with van der Waals surface area (Å²) in [5.41, 5.74) is 2.75. The SMILES string of the molecule is C.CC.CC.CC(C)(C)CC1CNC(=O)O1.CC(C)(C)Cc1cccnc1.CC(C)(C)Cc1ccno1.Cc1nnc(CC(C)(C)C)o1.Cc1nnc(CC(C)(C)C)s1. The smallest absolute Gasteiger partial charge is 0.407 e. The fourth-order valence-electron chi connectivity index (χ4n) is 4.93. The zero-order valence-corrected chi connectivity index (χ0v) is 41.3. The average molecular weight is 846 g/mol. The molecule has 0 radical (unpaired) electrons. The summed E-state index contributed by atoms with van der Waals surface area (Å²) < 4.78 is 15.2. The van der Waals surface area contributed by atoms with E-state index in [2.05, 4.69) is 146 Å². The van der Waals surface area contributed by atoms with E-state index in [1.54, 1.807) is 24.5 Å². The summed E-state index contributed by atoms with van der Waals surface area (Å²) in [6, 6.07) is 6.02. The summed E-state index contributed by atoms with van der Waals surface area (Å²) >= 11 is 1.69. The summed E-state index contributed by atoms with van der Waals surface area (Å²) in [6.45, 7) is 45.2. The van der Waals surface area contributed by atoms with E-state index in [-0.39, 0.29) is 30.5 Å². The van der Waals surface area contributed by atoms with Crippen molar-refractivity contribution in [1.82, 2.24) is 35.9 Å². The molecule has 1 aliphatic rings. The number of aromatic nitrogens is 6. The van der Waals surface area contributed by atoms with E-state index >= 15 is 0 Å². The molecule has 5 rings (SSSR count). The summed E-state index contributed by atoms with van der Waals surface area (Å²) in [5.74, 6) is 2.34. The van der Waals surface area contributed by atoms with Gasteiger partial charge >= 0.3 is 6.09 Å². The van der Waals surface area contributed by atoms with Crippen LogP contribution < -0.4 is 5.32 Å². The molecule has 4 aromatic heterocycles. The molecule has 12 heteroatoms. The molecule has 1 unspecified atom stereocenters. The van der Waals surface area contributed by atoms with Crippen molar-refractivity contribution in [2.24, 2.45) is 27.1 Å². The van der Waals surface area contributed by atoms with Gasteiger partial charge in [-0.1, -0.05) is 150 Å². The Bertz CT molecular complexity index is 1530. The zero-order valence-electron chi connectivity index (χ0n) is 40.5. The quantitative estimate of drug-likeness (QED) is 0.206. The van der Waals surface area contributed by atoms with Gasteiger partial charge in [-0.3, -0.25) is 4.98 Å². The molecule has 1 fully saturated rings. The van der Waals surface area contributed by atoms with Crippen LogP contribution in [-0.2, 0) is 30.4 Å². The van der Waals surface area contributed by atoms with Crippen molar-refractivity contribution in [2.45, 2.75) is 191 Å². The highest BCUT2D eigenvalue weighted by Crippen LogP contribution is 2.24. The minimum Gasteiger partial charge on any atom is -0.444 e. The van der Waals surface area contributed by atoms with Gasteiger partial charge in [0.2, 0.25) is 11.8 Å². The highest BCUT2D eigenvalue weighted by molar-refractivity contribution is 7.11. The second kappa shape index (κ2) is 28.7. The molecule has 1 atom stereocenters. The monoisotopic (exact) mass is 846 g/mol. The van der Waals surface area contributed by atoms with Gasteiger partial charge in [0.25, 0.3) is 0 Å². The van der Waals surface area contributed by atoms with Gasteiger partial charge in [0, 0.05) is 44.6 Å². The van der Waals surface area contributed by atoms with Crippen molar-refractivity contribution in [3.63, 3.8) is 0 Å². The molecule has 0 aromatic carbocycles. The maximum absolute atomic E-state index is 10.6. The van der Waals surface area contributed by atoms with Crippen molar-refractivity contribution in [3.8, 4) is 0 Å². The third kappa shape index (κ3) is 37.1. The number of cyclic esters (lactones) is 1. The largest absolute Gasteiger partial charge is 0.444 e. The third-order valence-corrected chi connectivity index (χ3v) is 7.58. The molecular formula is C47H87N7O4S. The number of aryl methyl sites for hydroxylation is 2. The van der Waals surface area contributed by atoms with Crippen LogP contribution in [0, 0.1) is 40.9 Å². The van der Waals surface area contributed by atoms with Crippen molar-refractivity contribution >= 4 is 17.4 Å². The molecule has 1 amide bonds. The molecule has 5 heterocycles. The molecule has 4 aromatic rings. The van der Waals surface area contributed by atoms with E-state index in [1.165, 1.54) is 5.56 Å². The van der Waals surface area contributed by atoms with Crippen LogP contribution in [-0.4, -0.2) is 49.3 Å². The van der Waals surface area contributed by atoms with Gasteiger partial charge in [-0.25, -0.2) is 4.79 Å². The molecule has 1 N–H and O–H groups in total. The van der Waals surface area contributed by atoms with Gasteiger partial charge in [-0.05, 0) is 58.5 Å². The average Bonchev–Trinajstić information content (AvgIpc) is 3.89. The van der Waals surface area contributed by atoms with E-state index in [0.29, 0.717) is 28.7 Å². The Kier molecular flexibility index (Phi) is 29.0. The predicted molar refractivity (Wildman–Crippen MR) is 249 cm³/mol. The molecule has 1 aliphatic heterocycles. The predicted octanol–water partition coefficient (Wildman–Crippen LogP) is 13.6. The van der Waals surface area contributed by atoms with Crippen LogP contribution in [0.25, 0.3) is 0 Å². The number of hydrogen-bond donors (Lipinski definition) is 1. The Hall–Kier alpha value is -3.67. The van der Waals surface area contributed by atoms with Gasteiger partial charge in [0.1, 0.15) is 21.9 Å². The van der Waals surface area contributed by atoms with Crippen LogP contribution in [0.3, 0.4) is 0 Å². The maximum atomic E-state index is 10.6. The van der Waals surface area contributed by atoms with Gasteiger partial charge in [-0.2, -0.15) is 0 Å². The number of carbonyl (C=O) groups is 1. The lowest BCUT2D eigenvalue weighted by Crippen LogP contribution is -2.21. The standard InChI is InChI=1S/C10H15N.C8H14N2O.C8H14N2S.C8H15NO2.C8H13NO.2C2H6.CH4/c1-10(2,3)7-9-5-4-6-11-8-9;2*1-6-9-10-7(11-6)5-8(2,3)4;1-8(2,3)4-6-5-9-7(10)11-6;1-8(2,3)6-7-4-5-9-10-7;2*1-2;/h4-6,8H,7H2,1-3H3;2*5H2,1-4H3;6H,4-5H2,1-3H3,(H,9,10);4-5H,6H2,1-3H3;2*1-2H3;1H4. The first-order valence-electron chi connectivity index (χ1n) is 20.9. The fourth-order valence-corrected chi connectivity index (χ4v) is 5.93. The second-order valence-corrected chi connectivity index (χ2v) is 21.2. The van der Waals surface area contributed by atoms with Crippen molar-refractivity contribution in [1.29, 1.82) is 0 Å². The first kappa shape index (κ1) is 59.6. The van der Waals surface area contributed by atoms with Crippen molar-refractivity contribution < 1.29 is 18.5 Å². The summed E-state index contributed by atoms with van der Waals surface area (Å²) in [6.07, 6.45) is 10.1. The maximum Gasteiger partial charge on any atom is 0.407 e. The van der Waals surface area contributed by atoms with Crippen LogP contribution in [0.1, 0.15) is 179 Å². The zero-order chi connectivity index (χ0) is 45.4. The minimum absolute atomic E-state index is 0. The lowest BCUT2D eigenvalue weighted by Gasteiger charge is -2.20. The topological polar surface area (TPSA) is 142 Å². The molecule has 11 nitrogen and oxygen atoms in total. The molecule has 340 valence electrons. The lowest BCUT2D eigenvalue weighted by atomic mass is 9.89. The molecule has 1 saturated heterocycles. The van der Waals surface area contributed by atoms with Gasteiger partial charge in [0.15, 0.2) is 0 Å². The second-order valence-electron chi connectivity index (χ2n) is 19.9. The van der Waals surface area contributed by atoms with Gasteiger partial charge < -0.3 is 19.0 Å². The number of nitrogens with one attached hydrogen (secondary N) is 1. The Morgan fingerprint density at radius 2 is 1.25 bits per heavy atom. The van der Waals surface area contributed by atoms with Gasteiger partial charge in [-0.15, -0.1) is 31.7 Å². The number of ether oxygens (including phenoxy) is 1. The van der Waals surface area contributed by atoms with Crippen LogP contribution in [0.15, 0.2) is 45.7 Å². The van der Waals surface area contributed by atoms with Crippen LogP contribution in [0.2, 0.25) is 0 Å². The number of carbonyl (C=O) groups excluding carboxylic acids is 1. The molecule has 0 spiro atoms. The molecular weight excluding hydrogens is 759 g/mol. The first-order valence-corrected chi connectivity index (χ1v) is 21.7. The Labute approximate surface area is 365 Å². The Morgan fingerprint density at radius 3 is 1.61 bits per heavy atom. The Balaban J connectivity index is -0.000000647. The first-order chi connectivity index (χ1) is 26.6. The van der Waals surface area contributed by atoms with E-state index in [4.69, 9.17) is 13.7 Å². The third-order valence-electron chi connectivity index (χ3n) is 6.74. The fraction of sp³-hybridized carbons (Fsp3) is 0.723. The van der Waals surface area contributed by atoms with Crippen LogP contribution in [0.5, 0.6) is 0 Å². The van der Waals surface area contributed by atoms with E-state index < -0.39 is 0 Å². The Morgan fingerprint density at radius 1 is 0.695 bits per heavy atom. The number of rotatable bonds is 5. The number of nitrogens with zero attached hydrogens (tertiary/aromatic N) is 6. The molecule has 59 heavy (non-hydrogen) atoms. The van der Waals surface area contributed by atoms with Gasteiger partial charge in [0.05, 0.1) is 12.7 Å². The highest BCUT2D eigenvalue weighted by Gasteiger charge is 2.27. The highest BCUT2D eigenvalue weighted by atomic mass is 32.1. The van der Waals surface area contributed by atoms with Crippen LogP contribution >= 0.6 is 11.3 Å². The van der Waals surface area contributed by atoms with E-state index in [9.17, 15) is 4.79 Å². The molecule has 0 aliphatic carbocycles. The molecule has 0 saturated carbocycles. The van der Waals surface area contributed by atoms with E-state index in [0.717, 1.165) is 53.8 Å².